The van der Waals surface area contributed by atoms with Crippen LogP contribution in [0.5, 0.6) is 0 Å². The quantitative estimate of drug-likeness (QED) is 0.561. The van der Waals surface area contributed by atoms with E-state index >= 15 is 0 Å². The maximum atomic E-state index is 11.6. The molecule has 0 heterocycles. The minimum Gasteiger partial charge on any atom is -0.445 e. The molecule has 0 radical (unpaired) electrons. The fourth-order valence-corrected chi connectivity index (χ4v) is 2.34. The highest BCUT2D eigenvalue weighted by molar-refractivity contribution is 5.67. The monoisotopic (exact) mass is 355 g/mol. The Bertz CT molecular complexity index is 774. The molecule has 0 aliphatic carbocycles. The van der Waals surface area contributed by atoms with E-state index in [1.165, 1.54) is 18.2 Å². The first-order valence-electron chi connectivity index (χ1n) is 8.11. The normalized spacial score (nSPS) is 12.7. The summed E-state index contributed by atoms with van der Waals surface area (Å²) in [7, 11) is 0. The number of aliphatic hydroxyl groups is 2. The van der Waals surface area contributed by atoms with Crippen molar-refractivity contribution in [2.45, 2.75) is 25.2 Å². The van der Waals surface area contributed by atoms with Crippen molar-refractivity contribution in [3.8, 4) is 6.07 Å². The van der Waals surface area contributed by atoms with Gasteiger partial charge in [0.25, 0.3) is 0 Å². The van der Waals surface area contributed by atoms with Crippen LogP contribution in [0.4, 0.5) is 10.5 Å². The number of ether oxygens (including phenoxy) is 1. The van der Waals surface area contributed by atoms with Gasteiger partial charge in [-0.25, -0.2) is 4.79 Å². The molecule has 7 heteroatoms. The molecule has 2 aromatic rings. The third-order valence-corrected chi connectivity index (χ3v) is 3.82. The molecule has 2 atom stereocenters. The van der Waals surface area contributed by atoms with Crippen molar-refractivity contribution in [2.75, 3.05) is 12.3 Å². The van der Waals surface area contributed by atoms with Crippen molar-refractivity contribution in [2.24, 2.45) is 0 Å². The first-order valence-corrected chi connectivity index (χ1v) is 8.11. The van der Waals surface area contributed by atoms with Gasteiger partial charge in [-0.15, -0.1) is 0 Å². The average molecular weight is 355 g/mol. The number of aliphatic hydroxyl groups excluding tert-OH is 2. The molecular weight excluding hydrogens is 334 g/mol. The summed E-state index contributed by atoms with van der Waals surface area (Å²) in [6.45, 7) is 0.292. The van der Waals surface area contributed by atoms with Crippen LogP contribution < -0.4 is 11.1 Å². The lowest BCUT2D eigenvalue weighted by atomic mass is 10.00. The highest BCUT2D eigenvalue weighted by Crippen LogP contribution is 2.22. The minimum atomic E-state index is -1.17. The van der Waals surface area contributed by atoms with Crippen molar-refractivity contribution in [3.63, 3.8) is 0 Å². The Kier molecular flexibility index (Phi) is 6.97. The molecule has 0 saturated heterocycles. The molecule has 1 amide bonds. The number of alkyl carbamates (subject to hydrolysis) is 1. The molecule has 0 aliphatic heterocycles. The number of nitriles is 1. The largest absolute Gasteiger partial charge is 0.445 e. The second kappa shape index (κ2) is 9.42. The molecule has 0 spiro atoms. The van der Waals surface area contributed by atoms with Crippen molar-refractivity contribution >= 4 is 11.8 Å². The van der Waals surface area contributed by atoms with Gasteiger partial charge in [-0.05, 0) is 29.7 Å². The number of carbonyl (C=O) groups excluding carboxylic acids is 1. The molecule has 0 fully saturated rings. The third-order valence-electron chi connectivity index (χ3n) is 3.82. The fourth-order valence-electron chi connectivity index (χ4n) is 2.34. The number of anilines is 1. The smallest absolute Gasteiger partial charge is 0.407 e. The number of hydrogen-bond acceptors (Lipinski definition) is 6. The van der Waals surface area contributed by atoms with E-state index in [1.54, 1.807) is 0 Å². The topological polar surface area (TPSA) is 129 Å². The summed E-state index contributed by atoms with van der Waals surface area (Å²) in [6.07, 6.45) is -2.75. The molecule has 26 heavy (non-hydrogen) atoms. The van der Waals surface area contributed by atoms with Gasteiger partial charge in [-0.2, -0.15) is 5.26 Å². The van der Waals surface area contributed by atoms with Crippen molar-refractivity contribution in [3.05, 3.63) is 65.2 Å². The summed E-state index contributed by atoms with van der Waals surface area (Å²) < 4.78 is 5.05. The van der Waals surface area contributed by atoms with Gasteiger partial charge in [0.1, 0.15) is 18.8 Å². The minimum absolute atomic E-state index is 0.126. The van der Waals surface area contributed by atoms with Crippen LogP contribution in [0.3, 0.4) is 0 Å². The molecule has 0 aromatic heterocycles. The first-order chi connectivity index (χ1) is 12.5. The van der Waals surface area contributed by atoms with E-state index in [9.17, 15) is 15.0 Å². The zero-order chi connectivity index (χ0) is 18.9. The summed E-state index contributed by atoms with van der Waals surface area (Å²) >= 11 is 0. The van der Waals surface area contributed by atoms with Gasteiger partial charge in [-0.3, -0.25) is 0 Å². The van der Waals surface area contributed by atoms with Crippen molar-refractivity contribution in [1.29, 1.82) is 5.26 Å². The zero-order valence-electron chi connectivity index (χ0n) is 14.1. The summed E-state index contributed by atoms with van der Waals surface area (Å²) in [5, 5.41) is 31.6. The maximum Gasteiger partial charge on any atom is 0.407 e. The summed E-state index contributed by atoms with van der Waals surface area (Å²) in [5.74, 6) is 0. The van der Waals surface area contributed by atoms with Gasteiger partial charge >= 0.3 is 6.09 Å². The second-order valence-electron chi connectivity index (χ2n) is 5.75. The van der Waals surface area contributed by atoms with E-state index in [-0.39, 0.29) is 25.3 Å². The maximum absolute atomic E-state index is 11.6. The van der Waals surface area contributed by atoms with Crippen LogP contribution in [0.1, 0.15) is 29.2 Å². The lowest BCUT2D eigenvalue weighted by Gasteiger charge is -2.19. The van der Waals surface area contributed by atoms with Crippen LogP contribution in [-0.4, -0.2) is 29.0 Å². The van der Waals surface area contributed by atoms with Crippen LogP contribution in [-0.2, 0) is 11.3 Å². The highest BCUT2D eigenvalue weighted by atomic mass is 16.5. The third kappa shape index (κ3) is 5.48. The SMILES string of the molecule is N#Cc1ccc(C(O)C(O)CCNC(=O)OCc2ccccc2)cc1N. The molecule has 7 nitrogen and oxygen atoms in total. The molecule has 2 aromatic carbocycles. The summed E-state index contributed by atoms with van der Waals surface area (Å²) in [6, 6.07) is 15.7. The summed E-state index contributed by atoms with van der Waals surface area (Å²) in [5.41, 5.74) is 7.52. The number of carbonyl (C=O) groups is 1. The first kappa shape index (κ1) is 19.2. The Labute approximate surface area is 151 Å². The number of nitrogen functional groups attached to an aromatic ring is 1. The fraction of sp³-hybridized carbons (Fsp3) is 0.263. The Morgan fingerprint density at radius 3 is 2.62 bits per heavy atom. The van der Waals surface area contributed by atoms with Crippen LogP contribution in [0.25, 0.3) is 0 Å². The number of nitrogens with one attached hydrogen (secondary N) is 1. The molecule has 2 unspecified atom stereocenters. The second-order valence-corrected chi connectivity index (χ2v) is 5.75. The average Bonchev–Trinajstić information content (AvgIpc) is 2.66. The predicted molar refractivity (Wildman–Crippen MR) is 95.8 cm³/mol. The molecule has 0 bridgehead atoms. The number of nitrogens with zero attached hydrogens (tertiary/aromatic N) is 1. The van der Waals surface area contributed by atoms with Gasteiger partial charge in [0.05, 0.1) is 11.7 Å². The number of hydrogen-bond donors (Lipinski definition) is 4. The standard InChI is InChI=1S/C19H21N3O4/c20-11-15-7-6-14(10-16(15)21)18(24)17(23)8-9-22-19(25)26-12-13-4-2-1-3-5-13/h1-7,10,17-18,23-24H,8-9,12,21H2,(H,22,25). The van der Waals surface area contributed by atoms with Gasteiger partial charge in [-0.1, -0.05) is 36.4 Å². The van der Waals surface area contributed by atoms with Gasteiger partial charge in [0.15, 0.2) is 0 Å². The van der Waals surface area contributed by atoms with Crippen LogP contribution in [0.2, 0.25) is 0 Å². The molecule has 0 saturated carbocycles. The molecular formula is C19H21N3O4. The molecule has 136 valence electrons. The number of benzene rings is 2. The van der Waals surface area contributed by atoms with E-state index in [2.05, 4.69) is 5.32 Å². The predicted octanol–water partition coefficient (Wildman–Crippen LogP) is 1.85. The van der Waals surface area contributed by atoms with E-state index in [0.29, 0.717) is 11.1 Å². The van der Waals surface area contributed by atoms with Gasteiger partial charge in [0.2, 0.25) is 0 Å². The molecule has 5 N–H and O–H groups in total. The van der Waals surface area contributed by atoms with Gasteiger partial charge < -0.3 is 26.0 Å². The van der Waals surface area contributed by atoms with Crippen LogP contribution in [0.15, 0.2) is 48.5 Å². The Hall–Kier alpha value is -3.08. The van der Waals surface area contributed by atoms with E-state index < -0.39 is 18.3 Å². The number of nitrogens with two attached hydrogens (primary N) is 1. The Morgan fingerprint density at radius 1 is 1.23 bits per heavy atom. The van der Waals surface area contributed by atoms with Crippen molar-refractivity contribution < 1.29 is 19.7 Å². The van der Waals surface area contributed by atoms with Crippen LogP contribution in [0, 0.1) is 11.3 Å². The molecule has 2 rings (SSSR count). The van der Waals surface area contributed by atoms with Crippen molar-refractivity contribution in [1.82, 2.24) is 5.32 Å². The summed E-state index contributed by atoms with van der Waals surface area (Å²) in [4.78, 5) is 11.6. The van der Waals surface area contributed by atoms with E-state index in [4.69, 9.17) is 15.7 Å². The Balaban J connectivity index is 1.75. The van der Waals surface area contributed by atoms with Gasteiger partial charge in [0, 0.05) is 12.2 Å². The van der Waals surface area contributed by atoms with E-state index in [1.807, 2.05) is 36.4 Å². The number of rotatable bonds is 7. The Morgan fingerprint density at radius 2 is 1.96 bits per heavy atom. The lowest BCUT2D eigenvalue weighted by molar-refractivity contribution is 0.0136. The zero-order valence-corrected chi connectivity index (χ0v) is 14.1. The van der Waals surface area contributed by atoms with E-state index in [0.717, 1.165) is 5.56 Å². The van der Waals surface area contributed by atoms with Crippen LogP contribution >= 0.6 is 0 Å². The highest BCUT2D eigenvalue weighted by Gasteiger charge is 2.19. The lowest BCUT2D eigenvalue weighted by Crippen LogP contribution is -2.29. The molecule has 0 aliphatic rings. The number of amides is 1.